The van der Waals surface area contributed by atoms with Gasteiger partial charge in [-0.3, -0.25) is 9.59 Å². The monoisotopic (exact) mass is 426 g/mol. The van der Waals surface area contributed by atoms with E-state index in [1.54, 1.807) is 18.3 Å². The van der Waals surface area contributed by atoms with Crippen LogP contribution in [0.5, 0.6) is 0 Å². The summed E-state index contributed by atoms with van der Waals surface area (Å²) in [5, 5.41) is 4.43. The van der Waals surface area contributed by atoms with Gasteiger partial charge in [-0.05, 0) is 32.9 Å². The van der Waals surface area contributed by atoms with Crippen molar-refractivity contribution in [2.75, 3.05) is 31.1 Å². The maximum atomic E-state index is 13.0. The molecule has 0 unspecified atom stereocenters. The molecule has 4 rings (SSSR count). The number of piperazine rings is 1. The van der Waals surface area contributed by atoms with Gasteiger partial charge in [0.1, 0.15) is 16.5 Å². The fraction of sp³-hybridized carbons (Fsp3) is 0.318. The van der Waals surface area contributed by atoms with Crippen LogP contribution in [0.3, 0.4) is 0 Å². The summed E-state index contributed by atoms with van der Waals surface area (Å²) < 4.78 is 6.89. The molecule has 0 spiro atoms. The Balaban J connectivity index is 1.51. The molecule has 0 radical (unpaired) electrons. The van der Waals surface area contributed by atoms with E-state index in [0.29, 0.717) is 48.9 Å². The number of aromatic nitrogens is 2. The molecule has 7 nitrogen and oxygen atoms in total. The minimum atomic E-state index is -0.362. The zero-order valence-corrected chi connectivity index (χ0v) is 17.9. The van der Waals surface area contributed by atoms with Crippen molar-refractivity contribution in [1.29, 1.82) is 0 Å². The molecule has 3 heterocycles. The summed E-state index contributed by atoms with van der Waals surface area (Å²) in [5.74, 6) is 1.39. The molecular weight excluding hydrogens is 404 g/mol. The van der Waals surface area contributed by atoms with Gasteiger partial charge in [0.15, 0.2) is 0 Å². The molecule has 8 heteroatoms. The Hall–Kier alpha value is -3.06. The SMILES string of the molecule is Cc1oc(C)c(C(=O)N2CCN(c3cnn(-c4ccccc4)c(=O)c3Cl)CC2)c1C. The van der Waals surface area contributed by atoms with Gasteiger partial charge < -0.3 is 14.2 Å². The first-order chi connectivity index (χ1) is 14.4. The second kappa shape index (κ2) is 7.99. The van der Waals surface area contributed by atoms with Crippen LogP contribution in [-0.4, -0.2) is 46.8 Å². The number of carbonyl (C=O) groups excluding carboxylic acids is 1. The number of furan rings is 1. The molecule has 0 N–H and O–H groups in total. The molecule has 3 aromatic rings. The fourth-order valence-corrected chi connectivity index (χ4v) is 4.06. The van der Waals surface area contributed by atoms with Crippen molar-refractivity contribution in [1.82, 2.24) is 14.7 Å². The Bertz CT molecular complexity index is 1150. The maximum absolute atomic E-state index is 13.0. The van der Waals surface area contributed by atoms with E-state index in [1.807, 2.05) is 48.8 Å². The number of aryl methyl sites for hydroxylation is 2. The van der Waals surface area contributed by atoms with E-state index < -0.39 is 0 Å². The lowest BCUT2D eigenvalue weighted by Gasteiger charge is -2.36. The fourth-order valence-electron chi connectivity index (χ4n) is 3.81. The summed E-state index contributed by atoms with van der Waals surface area (Å²) in [6.07, 6.45) is 1.61. The molecule has 0 saturated carbocycles. The van der Waals surface area contributed by atoms with Gasteiger partial charge in [0, 0.05) is 31.7 Å². The van der Waals surface area contributed by atoms with Crippen molar-refractivity contribution in [3.8, 4) is 5.69 Å². The van der Waals surface area contributed by atoms with Gasteiger partial charge >= 0.3 is 0 Å². The lowest BCUT2D eigenvalue weighted by Crippen LogP contribution is -2.49. The van der Waals surface area contributed by atoms with Gasteiger partial charge in [0.25, 0.3) is 11.5 Å². The molecular formula is C22H23ClN4O3. The molecule has 1 aliphatic rings. The number of nitrogens with zero attached hydrogens (tertiary/aromatic N) is 4. The third-order valence-corrected chi connectivity index (χ3v) is 5.94. The summed E-state index contributed by atoms with van der Waals surface area (Å²) in [4.78, 5) is 29.5. The molecule has 1 aliphatic heterocycles. The van der Waals surface area contributed by atoms with Crippen LogP contribution in [0.25, 0.3) is 5.69 Å². The quantitative estimate of drug-likeness (QED) is 0.642. The highest BCUT2D eigenvalue weighted by molar-refractivity contribution is 6.33. The smallest absolute Gasteiger partial charge is 0.292 e. The van der Waals surface area contributed by atoms with Crippen molar-refractivity contribution in [2.24, 2.45) is 0 Å². The lowest BCUT2D eigenvalue weighted by molar-refractivity contribution is 0.0744. The largest absolute Gasteiger partial charge is 0.466 e. The normalized spacial score (nSPS) is 14.3. The summed E-state index contributed by atoms with van der Waals surface area (Å²) in [5.41, 5.74) is 2.42. The van der Waals surface area contributed by atoms with Crippen molar-refractivity contribution in [2.45, 2.75) is 20.8 Å². The van der Waals surface area contributed by atoms with E-state index >= 15 is 0 Å². The number of amides is 1. The van der Waals surface area contributed by atoms with Crippen molar-refractivity contribution < 1.29 is 9.21 Å². The Labute approximate surface area is 179 Å². The van der Waals surface area contributed by atoms with E-state index in [2.05, 4.69) is 5.10 Å². The number of carbonyl (C=O) groups is 1. The first kappa shape index (κ1) is 20.2. The average Bonchev–Trinajstić information content (AvgIpc) is 3.01. The number of hydrogen-bond acceptors (Lipinski definition) is 5. The van der Waals surface area contributed by atoms with E-state index in [-0.39, 0.29) is 16.5 Å². The van der Waals surface area contributed by atoms with Gasteiger partial charge in [0.05, 0.1) is 23.1 Å². The second-order valence-electron chi connectivity index (χ2n) is 7.39. The van der Waals surface area contributed by atoms with E-state index in [1.165, 1.54) is 4.68 Å². The predicted octanol–water partition coefficient (Wildman–Crippen LogP) is 3.37. The van der Waals surface area contributed by atoms with E-state index in [0.717, 1.165) is 11.3 Å². The minimum Gasteiger partial charge on any atom is -0.466 e. The lowest BCUT2D eigenvalue weighted by atomic mass is 10.1. The highest BCUT2D eigenvalue weighted by atomic mass is 35.5. The van der Waals surface area contributed by atoms with E-state index in [4.69, 9.17) is 16.0 Å². The first-order valence-corrected chi connectivity index (χ1v) is 10.2. The first-order valence-electron chi connectivity index (χ1n) is 9.82. The molecule has 1 fully saturated rings. The van der Waals surface area contributed by atoms with Crippen LogP contribution in [-0.2, 0) is 0 Å². The van der Waals surface area contributed by atoms with E-state index in [9.17, 15) is 9.59 Å². The Morgan fingerprint density at radius 3 is 2.30 bits per heavy atom. The molecule has 0 aliphatic carbocycles. The van der Waals surface area contributed by atoms with Crippen LogP contribution in [0.15, 0.2) is 45.7 Å². The number of benzene rings is 1. The maximum Gasteiger partial charge on any atom is 0.292 e. The Morgan fingerprint density at radius 1 is 1.03 bits per heavy atom. The molecule has 0 bridgehead atoms. The average molecular weight is 427 g/mol. The number of anilines is 1. The number of rotatable bonds is 3. The summed E-state index contributed by atoms with van der Waals surface area (Å²) in [7, 11) is 0. The highest BCUT2D eigenvalue weighted by Crippen LogP contribution is 2.26. The van der Waals surface area contributed by atoms with Crippen LogP contribution in [0, 0.1) is 20.8 Å². The molecule has 1 amide bonds. The van der Waals surface area contributed by atoms with Crippen molar-refractivity contribution in [3.05, 3.63) is 74.6 Å². The standard InChI is InChI=1S/C22H23ClN4O3/c1-14-15(2)30-16(3)19(14)21(28)26-11-9-25(10-12-26)18-13-24-27(22(29)20(18)23)17-7-5-4-6-8-17/h4-8,13H,9-12H2,1-3H3. The topological polar surface area (TPSA) is 71.6 Å². The summed E-state index contributed by atoms with van der Waals surface area (Å²) in [6, 6.07) is 9.16. The van der Waals surface area contributed by atoms with Gasteiger partial charge in [0.2, 0.25) is 0 Å². The zero-order chi connectivity index (χ0) is 21.4. The predicted molar refractivity (Wildman–Crippen MR) is 116 cm³/mol. The van der Waals surface area contributed by atoms with Gasteiger partial charge in [-0.25, -0.2) is 0 Å². The number of para-hydroxylation sites is 1. The van der Waals surface area contributed by atoms with Crippen LogP contribution in [0.2, 0.25) is 5.02 Å². The molecule has 0 atom stereocenters. The molecule has 30 heavy (non-hydrogen) atoms. The molecule has 1 saturated heterocycles. The van der Waals surface area contributed by atoms with Gasteiger partial charge in [-0.1, -0.05) is 29.8 Å². The van der Waals surface area contributed by atoms with Crippen LogP contribution in [0.4, 0.5) is 5.69 Å². The third kappa shape index (κ3) is 3.50. The van der Waals surface area contributed by atoms with Gasteiger partial charge in [-0.2, -0.15) is 9.78 Å². The van der Waals surface area contributed by atoms with Crippen LogP contribution < -0.4 is 10.5 Å². The molecule has 156 valence electrons. The number of halogens is 1. The molecule has 2 aromatic heterocycles. The Kier molecular flexibility index (Phi) is 5.39. The summed E-state index contributed by atoms with van der Waals surface area (Å²) >= 11 is 6.41. The second-order valence-corrected chi connectivity index (χ2v) is 7.77. The zero-order valence-electron chi connectivity index (χ0n) is 17.2. The summed E-state index contributed by atoms with van der Waals surface area (Å²) in [6.45, 7) is 7.77. The minimum absolute atomic E-state index is 0.0229. The number of hydrogen-bond donors (Lipinski definition) is 0. The van der Waals surface area contributed by atoms with Crippen LogP contribution >= 0.6 is 11.6 Å². The third-order valence-electron chi connectivity index (χ3n) is 5.58. The van der Waals surface area contributed by atoms with Gasteiger partial charge in [-0.15, -0.1) is 0 Å². The Morgan fingerprint density at radius 2 is 1.70 bits per heavy atom. The van der Waals surface area contributed by atoms with Crippen molar-refractivity contribution >= 4 is 23.2 Å². The highest BCUT2D eigenvalue weighted by Gasteiger charge is 2.28. The van der Waals surface area contributed by atoms with Crippen molar-refractivity contribution in [3.63, 3.8) is 0 Å². The van der Waals surface area contributed by atoms with Crippen LogP contribution in [0.1, 0.15) is 27.4 Å². The molecule has 1 aromatic carbocycles.